The first-order chi connectivity index (χ1) is 14.4. The summed E-state index contributed by atoms with van der Waals surface area (Å²) in [6.45, 7) is 3.98. The zero-order valence-corrected chi connectivity index (χ0v) is 18.1. The number of nitrogens with zero attached hydrogens (tertiary/aromatic N) is 2. The van der Waals surface area contributed by atoms with E-state index in [9.17, 15) is 13.2 Å². The molecule has 30 heavy (non-hydrogen) atoms. The fourth-order valence-corrected chi connectivity index (χ4v) is 4.52. The monoisotopic (exact) mass is 448 g/mol. The molecule has 0 aliphatic heterocycles. The Labute approximate surface area is 180 Å². The Hall–Kier alpha value is -2.68. The van der Waals surface area contributed by atoms with Crippen molar-refractivity contribution in [3.63, 3.8) is 0 Å². The van der Waals surface area contributed by atoms with E-state index in [-0.39, 0.29) is 22.1 Å². The van der Waals surface area contributed by atoms with Crippen molar-refractivity contribution in [1.29, 1.82) is 0 Å². The molecule has 0 atom stereocenters. The van der Waals surface area contributed by atoms with Gasteiger partial charge in [0.05, 0.1) is 15.5 Å². The highest BCUT2D eigenvalue weighted by molar-refractivity contribution is 7.89. The number of hydrogen-bond donors (Lipinski definition) is 0. The fourth-order valence-electron chi connectivity index (χ4n) is 2.84. The van der Waals surface area contributed by atoms with Crippen LogP contribution in [0.3, 0.4) is 0 Å². The number of esters is 1. The van der Waals surface area contributed by atoms with Gasteiger partial charge in [0.15, 0.2) is 0 Å². The molecule has 0 aliphatic carbocycles. The summed E-state index contributed by atoms with van der Waals surface area (Å²) < 4.78 is 37.4. The van der Waals surface area contributed by atoms with Gasteiger partial charge in [-0.15, -0.1) is 0 Å². The molecule has 0 radical (unpaired) electrons. The highest BCUT2D eigenvalue weighted by Gasteiger charge is 2.24. The van der Waals surface area contributed by atoms with Crippen molar-refractivity contribution in [1.82, 2.24) is 9.29 Å². The first-order valence-corrected chi connectivity index (χ1v) is 11.1. The second-order valence-electron chi connectivity index (χ2n) is 6.32. The number of ether oxygens (including phenoxy) is 1. The first kappa shape index (κ1) is 22.0. The summed E-state index contributed by atoms with van der Waals surface area (Å²) in [6, 6.07) is 13.3. The van der Waals surface area contributed by atoms with Gasteiger partial charge < -0.3 is 9.15 Å². The lowest BCUT2D eigenvalue weighted by molar-refractivity contribution is 0.0467. The van der Waals surface area contributed by atoms with E-state index in [0.29, 0.717) is 24.7 Å². The molecule has 2 aromatic carbocycles. The van der Waals surface area contributed by atoms with Gasteiger partial charge in [0.2, 0.25) is 15.9 Å². The second-order valence-corrected chi connectivity index (χ2v) is 8.66. The topological polar surface area (TPSA) is 89.7 Å². The number of benzene rings is 2. The van der Waals surface area contributed by atoms with E-state index < -0.39 is 16.0 Å². The van der Waals surface area contributed by atoms with E-state index >= 15 is 0 Å². The lowest BCUT2D eigenvalue weighted by atomic mass is 10.2. The van der Waals surface area contributed by atoms with Crippen molar-refractivity contribution >= 4 is 27.6 Å². The van der Waals surface area contributed by atoms with E-state index in [1.54, 1.807) is 13.8 Å². The molecule has 0 aliphatic rings. The summed E-state index contributed by atoms with van der Waals surface area (Å²) in [7, 11) is -3.73. The summed E-state index contributed by atoms with van der Waals surface area (Å²) in [6.07, 6.45) is 1.40. The normalized spacial score (nSPS) is 11.6. The molecular weight excluding hydrogens is 428 g/mol. The van der Waals surface area contributed by atoms with Crippen LogP contribution in [0.25, 0.3) is 11.5 Å². The molecule has 0 spiro atoms. The van der Waals surface area contributed by atoms with Crippen molar-refractivity contribution in [3.05, 3.63) is 71.1 Å². The molecule has 0 bridgehead atoms. The molecule has 0 N–H and O–H groups in total. The van der Waals surface area contributed by atoms with Crippen molar-refractivity contribution < 1.29 is 22.4 Å². The molecule has 1 heterocycles. The van der Waals surface area contributed by atoms with Crippen molar-refractivity contribution in [3.8, 4) is 11.5 Å². The minimum Gasteiger partial charge on any atom is -0.455 e. The van der Waals surface area contributed by atoms with Crippen LogP contribution in [0.4, 0.5) is 0 Å². The van der Waals surface area contributed by atoms with Gasteiger partial charge in [0.25, 0.3) is 0 Å². The van der Waals surface area contributed by atoms with Crippen LogP contribution in [0, 0.1) is 0 Å². The number of carbonyl (C=O) groups excluding carboxylic acids is 1. The minimum absolute atomic E-state index is 0.0182. The highest BCUT2D eigenvalue weighted by Crippen LogP contribution is 2.24. The minimum atomic E-state index is -3.73. The van der Waals surface area contributed by atoms with E-state index in [0.717, 1.165) is 5.56 Å². The van der Waals surface area contributed by atoms with E-state index in [4.69, 9.17) is 20.8 Å². The van der Waals surface area contributed by atoms with Gasteiger partial charge in [-0.25, -0.2) is 18.2 Å². The average molecular weight is 449 g/mol. The quantitative estimate of drug-likeness (QED) is 0.475. The van der Waals surface area contributed by atoms with E-state index in [1.807, 2.05) is 30.3 Å². The largest absolute Gasteiger partial charge is 0.455 e. The fraction of sp³-hybridized carbons (Fsp3) is 0.238. The smallest absolute Gasteiger partial charge is 0.340 e. The van der Waals surface area contributed by atoms with Crippen molar-refractivity contribution in [2.45, 2.75) is 25.3 Å². The van der Waals surface area contributed by atoms with Crippen molar-refractivity contribution in [2.75, 3.05) is 13.1 Å². The zero-order chi connectivity index (χ0) is 21.7. The Morgan fingerprint density at radius 2 is 1.83 bits per heavy atom. The molecular formula is C21H21ClN2O5S. The van der Waals surface area contributed by atoms with Crippen LogP contribution < -0.4 is 0 Å². The van der Waals surface area contributed by atoms with E-state index in [2.05, 4.69) is 4.98 Å². The molecule has 0 amide bonds. The lowest BCUT2D eigenvalue weighted by Gasteiger charge is -2.19. The van der Waals surface area contributed by atoms with Crippen LogP contribution in [-0.2, 0) is 21.4 Å². The first-order valence-electron chi connectivity index (χ1n) is 9.33. The molecule has 0 unspecified atom stereocenters. The summed E-state index contributed by atoms with van der Waals surface area (Å²) in [5.41, 5.74) is 1.19. The van der Waals surface area contributed by atoms with Gasteiger partial charge >= 0.3 is 5.97 Å². The molecule has 3 rings (SSSR count). The predicted molar refractivity (Wildman–Crippen MR) is 113 cm³/mol. The van der Waals surface area contributed by atoms with Gasteiger partial charge in [-0.2, -0.15) is 4.31 Å². The summed E-state index contributed by atoms with van der Waals surface area (Å²) >= 11 is 6.11. The molecule has 0 saturated heterocycles. The number of sulfonamides is 1. The molecule has 9 heteroatoms. The van der Waals surface area contributed by atoms with Crippen LogP contribution >= 0.6 is 11.6 Å². The van der Waals surface area contributed by atoms with Gasteiger partial charge in [-0.1, -0.05) is 43.6 Å². The second kappa shape index (κ2) is 9.42. The Balaban J connectivity index is 1.75. The molecule has 3 aromatic rings. The molecule has 7 nitrogen and oxygen atoms in total. The Morgan fingerprint density at radius 3 is 2.50 bits per heavy atom. The Kier molecular flexibility index (Phi) is 6.91. The lowest BCUT2D eigenvalue weighted by Crippen LogP contribution is -2.30. The third-order valence-electron chi connectivity index (χ3n) is 4.42. The number of aromatic nitrogens is 1. The molecule has 1 aromatic heterocycles. The summed E-state index contributed by atoms with van der Waals surface area (Å²) in [4.78, 5) is 16.8. The van der Waals surface area contributed by atoms with Crippen LogP contribution in [0.2, 0.25) is 5.02 Å². The van der Waals surface area contributed by atoms with Gasteiger partial charge in [-0.05, 0) is 30.3 Å². The van der Waals surface area contributed by atoms with E-state index in [1.165, 1.54) is 28.8 Å². The maximum Gasteiger partial charge on any atom is 0.340 e. The van der Waals surface area contributed by atoms with Gasteiger partial charge in [0.1, 0.15) is 18.6 Å². The van der Waals surface area contributed by atoms with Crippen LogP contribution in [0.1, 0.15) is 29.9 Å². The van der Waals surface area contributed by atoms with Crippen molar-refractivity contribution in [2.24, 2.45) is 0 Å². The number of oxazole rings is 1. The zero-order valence-electron chi connectivity index (χ0n) is 16.5. The SMILES string of the molecule is CCN(CC)S(=O)(=O)c1ccc(Cl)c(C(=O)OCc2coc(-c3ccccc3)n2)c1. The summed E-state index contributed by atoms with van der Waals surface area (Å²) in [5, 5.41) is 0.101. The van der Waals surface area contributed by atoms with Crippen LogP contribution in [0.15, 0.2) is 64.1 Å². The Morgan fingerprint density at radius 1 is 1.13 bits per heavy atom. The Bertz CT molecular complexity index is 1130. The standard InChI is InChI=1S/C21H21ClN2O5S/c1-3-24(4-2)30(26,27)17-10-11-19(22)18(12-17)21(25)29-14-16-13-28-20(23-16)15-8-6-5-7-9-15/h5-13H,3-4,14H2,1-2H3. The number of halogens is 1. The van der Waals surface area contributed by atoms with Crippen LogP contribution in [-0.4, -0.2) is 36.8 Å². The van der Waals surface area contributed by atoms with Gasteiger partial charge in [-0.3, -0.25) is 0 Å². The maximum atomic E-state index is 12.7. The van der Waals surface area contributed by atoms with Crippen LogP contribution in [0.5, 0.6) is 0 Å². The summed E-state index contributed by atoms with van der Waals surface area (Å²) in [5.74, 6) is -0.340. The third kappa shape index (κ3) is 4.72. The molecule has 0 saturated carbocycles. The molecule has 0 fully saturated rings. The maximum absolute atomic E-state index is 12.7. The highest BCUT2D eigenvalue weighted by atomic mass is 35.5. The van der Waals surface area contributed by atoms with Gasteiger partial charge in [0, 0.05) is 18.7 Å². The average Bonchev–Trinajstić information content (AvgIpc) is 3.22. The molecule has 158 valence electrons. The number of carbonyl (C=O) groups is 1. The predicted octanol–water partition coefficient (Wildman–Crippen LogP) is 4.38. The third-order valence-corrected chi connectivity index (χ3v) is 6.80. The number of hydrogen-bond acceptors (Lipinski definition) is 6. The number of rotatable bonds is 8.